The highest BCUT2D eigenvalue weighted by atomic mass is 16.5. The monoisotopic (exact) mass is 144 g/mol. The van der Waals surface area contributed by atoms with Gasteiger partial charge >= 0.3 is 0 Å². The lowest BCUT2D eigenvalue weighted by atomic mass is 10.4. The molecule has 60 valence electrons. The molecule has 0 bridgehead atoms. The molecule has 0 heterocycles. The largest absolute Gasteiger partial charge is 0.497 e. The number of ether oxygens (including phenoxy) is 2. The Morgan fingerprint density at radius 3 is 2.80 bits per heavy atom. The Morgan fingerprint density at radius 1 is 1.60 bits per heavy atom. The van der Waals surface area contributed by atoms with Crippen LogP contribution in [0.25, 0.3) is 0 Å². The number of hydrogen-bond donors (Lipinski definition) is 0. The highest BCUT2D eigenvalue weighted by molar-refractivity contribution is 4.55. The van der Waals surface area contributed by atoms with Crippen molar-refractivity contribution in [1.82, 2.24) is 0 Å². The van der Waals surface area contributed by atoms with Crippen molar-refractivity contribution >= 4 is 0 Å². The van der Waals surface area contributed by atoms with Crippen LogP contribution in [0, 0.1) is 0 Å². The zero-order valence-corrected chi connectivity index (χ0v) is 6.80. The third-order valence-corrected chi connectivity index (χ3v) is 1.03. The van der Waals surface area contributed by atoms with Crippen molar-refractivity contribution in [2.75, 3.05) is 13.2 Å². The summed E-state index contributed by atoms with van der Waals surface area (Å²) < 4.78 is 10.3. The van der Waals surface area contributed by atoms with Crippen LogP contribution in [0.15, 0.2) is 12.8 Å². The molecule has 0 amide bonds. The number of hydrogen-bond acceptors (Lipinski definition) is 2. The van der Waals surface area contributed by atoms with Gasteiger partial charge in [-0.05, 0) is 13.3 Å². The van der Waals surface area contributed by atoms with Crippen molar-refractivity contribution in [3.8, 4) is 0 Å². The van der Waals surface area contributed by atoms with Gasteiger partial charge in [-0.1, -0.05) is 13.5 Å². The molecular weight excluding hydrogens is 128 g/mol. The fourth-order valence-electron chi connectivity index (χ4n) is 0.597. The van der Waals surface area contributed by atoms with E-state index < -0.39 is 0 Å². The molecule has 2 nitrogen and oxygen atoms in total. The molecule has 1 unspecified atom stereocenters. The van der Waals surface area contributed by atoms with E-state index in [0.717, 1.165) is 13.0 Å². The smallest absolute Gasteiger partial charge is 0.118 e. The van der Waals surface area contributed by atoms with Crippen molar-refractivity contribution in [3.05, 3.63) is 12.8 Å². The SMILES string of the molecule is C=COC(C)COCCC. The maximum atomic E-state index is 5.22. The Bertz CT molecular complexity index is 81.3. The first-order chi connectivity index (χ1) is 4.81. The Labute approximate surface area is 62.8 Å². The lowest BCUT2D eigenvalue weighted by molar-refractivity contribution is 0.0374. The van der Waals surface area contributed by atoms with Gasteiger partial charge in [-0.2, -0.15) is 0 Å². The van der Waals surface area contributed by atoms with Gasteiger partial charge < -0.3 is 9.47 Å². The van der Waals surface area contributed by atoms with Crippen LogP contribution < -0.4 is 0 Å². The highest BCUT2D eigenvalue weighted by Crippen LogP contribution is 1.92. The molecule has 0 N–H and O–H groups in total. The molecule has 0 aromatic carbocycles. The molecule has 0 aliphatic heterocycles. The Hall–Kier alpha value is -0.500. The summed E-state index contributed by atoms with van der Waals surface area (Å²) >= 11 is 0. The summed E-state index contributed by atoms with van der Waals surface area (Å²) in [5.41, 5.74) is 0. The van der Waals surface area contributed by atoms with E-state index >= 15 is 0 Å². The summed E-state index contributed by atoms with van der Waals surface area (Å²) in [7, 11) is 0. The van der Waals surface area contributed by atoms with Crippen molar-refractivity contribution in [2.24, 2.45) is 0 Å². The highest BCUT2D eigenvalue weighted by Gasteiger charge is 1.97. The molecule has 10 heavy (non-hydrogen) atoms. The van der Waals surface area contributed by atoms with Crippen LogP contribution in [-0.4, -0.2) is 19.3 Å². The first-order valence-electron chi connectivity index (χ1n) is 3.65. The Kier molecular flexibility index (Phi) is 6.29. The minimum absolute atomic E-state index is 0.129. The van der Waals surface area contributed by atoms with Gasteiger partial charge in [0.2, 0.25) is 0 Å². The van der Waals surface area contributed by atoms with E-state index in [1.165, 1.54) is 6.26 Å². The molecule has 0 aliphatic carbocycles. The van der Waals surface area contributed by atoms with Crippen LogP contribution in [0.5, 0.6) is 0 Å². The lowest BCUT2D eigenvalue weighted by Gasteiger charge is -2.10. The predicted molar refractivity (Wildman–Crippen MR) is 41.9 cm³/mol. The summed E-state index contributed by atoms with van der Waals surface area (Å²) in [6.45, 7) is 8.95. The van der Waals surface area contributed by atoms with Gasteiger partial charge in [0.1, 0.15) is 6.10 Å². The van der Waals surface area contributed by atoms with Gasteiger partial charge in [-0.15, -0.1) is 0 Å². The third-order valence-electron chi connectivity index (χ3n) is 1.03. The van der Waals surface area contributed by atoms with Gasteiger partial charge in [0.25, 0.3) is 0 Å². The summed E-state index contributed by atoms with van der Waals surface area (Å²) in [6.07, 6.45) is 2.63. The summed E-state index contributed by atoms with van der Waals surface area (Å²) in [5, 5.41) is 0. The van der Waals surface area contributed by atoms with Gasteiger partial charge in [0.15, 0.2) is 0 Å². The first kappa shape index (κ1) is 9.50. The summed E-state index contributed by atoms with van der Waals surface area (Å²) in [6, 6.07) is 0. The molecule has 0 spiro atoms. The Balaban J connectivity index is 3.04. The molecule has 1 atom stereocenters. The van der Waals surface area contributed by atoms with Gasteiger partial charge in [0, 0.05) is 6.61 Å². The molecule has 0 fully saturated rings. The second kappa shape index (κ2) is 6.62. The molecular formula is C8H16O2. The van der Waals surface area contributed by atoms with E-state index in [0.29, 0.717) is 6.61 Å². The zero-order valence-electron chi connectivity index (χ0n) is 6.80. The maximum Gasteiger partial charge on any atom is 0.118 e. The Morgan fingerprint density at radius 2 is 2.30 bits per heavy atom. The maximum absolute atomic E-state index is 5.22. The average molecular weight is 144 g/mol. The van der Waals surface area contributed by atoms with Crippen LogP contribution in [-0.2, 0) is 9.47 Å². The molecule has 0 radical (unpaired) electrons. The minimum atomic E-state index is 0.129. The quantitative estimate of drug-likeness (QED) is 0.419. The topological polar surface area (TPSA) is 18.5 Å². The van der Waals surface area contributed by atoms with Crippen LogP contribution in [0.3, 0.4) is 0 Å². The van der Waals surface area contributed by atoms with E-state index in [9.17, 15) is 0 Å². The lowest BCUT2D eigenvalue weighted by Crippen LogP contribution is -2.13. The van der Waals surface area contributed by atoms with Crippen molar-refractivity contribution in [2.45, 2.75) is 26.4 Å². The van der Waals surface area contributed by atoms with Gasteiger partial charge in [-0.25, -0.2) is 0 Å². The van der Waals surface area contributed by atoms with E-state index in [2.05, 4.69) is 13.5 Å². The zero-order chi connectivity index (χ0) is 7.82. The second-order valence-electron chi connectivity index (χ2n) is 2.19. The minimum Gasteiger partial charge on any atom is -0.497 e. The molecule has 0 rings (SSSR count). The van der Waals surface area contributed by atoms with Crippen LogP contribution in [0.2, 0.25) is 0 Å². The molecule has 0 aliphatic rings. The van der Waals surface area contributed by atoms with E-state index in [1.807, 2.05) is 6.92 Å². The fourth-order valence-corrected chi connectivity index (χ4v) is 0.597. The van der Waals surface area contributed by atoms with Gasteiger partial charge in [0.05, 0.1) is 12.9 Å². The molecule has 0 saturated carbocycles. The predicted octanol–water partition coefficient (Wildman–Crippen LogP) is 1.96. The van der Waals surface area contributed by atoms with E-state index in [1.54, 1.807) is 0 Å². The summed E-state index contributed by atoms with van der Waals surface area (Å²) in [4.78, 5) is 0. The second-order valence-corrected chi connectivity index (χ2v) is 2.19. The van der Waals surface area contributed by atoms with E-state index in [4.69, 9.17) is 9.47 Å². The van der Waals surface area contributed by atoms with Crippen molar-refractivity contribution in [3.63, 3.8) is 0 Å². The molecule has 0 saturated heterocycles. The third kappa shape index (κ3) is 5.63. The van der Waals surface area contributed by atoms with Crippen LogP contribution in [0.1, 0.15) is 20.3 Å². The molecule has 0 aromatic rings. The number of rotatable bonds is 6. The van der Waals surface area contributed by atoms with Crippen LogP contribution >= 0.6 is 0 Å². The molecule has 2 heteroatoms. The van der Waals surface area contributed by atoms with Crippen molar-refractivity contribution in [1.29, 1.82) is 0 Å². The average Bonchev–Trinajstić information content (AvgIpc) is 1.89. The van der Waals surface area contributed by atoms with Crippen molar-refractivity contribution < 1.29 is 9.47 Å². The standard InChI is InChI=1S/C8H16O2/c1-4-6-9-7-8(3)10-5-2/h5,8H,2,4,6-7H2,1,3H3. The fraction of sp³-hybridized carbons (Fsp3) is 0.750. The van der Waals surface area contributed by atoms with Gasteiger partial charge in [-0.3, -0.25) is 0 Å². The summed E-state index contributed by atoms with van der Waals surface area (Å²) in [5.74, 6) is 0. The normalized spacial score (nSPS) is 12.6. The van der Waals surface area contributed by atoms with E-state index in [-0.39, 0.29) is 6.10 Å². The first-order valence-corrected chi connectivity index (χ1v) is 3.65. The van der Waals surface area contributed by atoms with Crippen LogP contribution in [0.4, 0.5) is 0 Å². The molecule has 0 aromatic heterocycles.